The van der Waals surface area contributed by atoms with Gasteiger partial charge in [0.05, 0.1) is 18.1 Å². The zero-order valence-corrected chi connectivity index (χ0v) is 15.9. The van der Waals surface area contributed by atoms with Crippen molar-refractivity contribution in [3.05, 3.63) is 75.8 Å². The quantitative estimate of drug-likeness (QED) is 0.387. The minimum absolute atomic E-state index is 0.125. The van der Waals surface area contributed by atoms with Crippen LogP contribution in [0.4, 0.5) is 5.69 Å². The molecule has 0 aliphatic carbocycles. The van der Waals surface area contributed by atoms with Gasteiger partial charge in [0, 0.05) is 17.7 Å². The molecule has 2 aromatic carbocycles. The molecule has 1 N–H and O–H groups in total. The van der Waals surface area contributed by atoms with Gasteiger partial charge < -0.3 is 14.4 Å². The van der Waals surface area contributed by atoms with Gasteiger partial charge >= 0.3 is 7.60 Å². The van der Waals surface area contributed by atoms with Crippen molar-refractivity contribution in [2.75, 3.05) is 13.2 Å². The maximum Gasteiger partial charge on any atom is 0.357 e. The Kier molecular flexibility index (Phi) is 7.24. The molecule has 1 atom stereocenters. The number of non-ortho nitro benzene ring substituents is 1. The van der Waals surface area contributed by atoms with Crippen LogP contribution in [0.15, 0.2) is 54.6 Å². The Hall–Kier alpha value is -2.54. The van der Waals surface area contributed by atoms with E-state index in [0.29, 0.717) is 5.56 Å². The van der Waals surface area contributed by atoms with Crippen LogP contribution < -0.4 is 5.32 Å². The summed E-state index contributed by atoms with van der Waals surface area (Å²) < 4.78 is 24.1. The van der Waals surface area contributed by atoms with E-state index >= 15 is 0 Å². The highest BCUT2D eigenvalue weighted by molar-refractivity contribution is 7.54. The molecular weight excluding hydrogens is 371 g/mol. The van der Waals surface area contributed by atoms with Crippen LogP contribution in [0.3, 0.4) is 0 Å². The first-order chi connectivity index (χ1) is 12.9. The lowest BCUT2D eigenvalue weighted by Crippen LogP contribution is -2.29. The third-order valence-electron chi connectivity index (χ3n) is 3.66. The lowest BCUT2D eigenvalue weighted by molar-refractivity contribution is -0.384. The molecule has 0 unspecified atom stereocenters. The molecule has 1 amide bonds. The van der Waals surface area contributed by atoms with Gasteiger partial charge in [0.1, 0.15) is 0 Å². The summed E-state index contributed by atoms with van der Waals surface area (Å²) in [5.74, 6) is -1.56. The first-order valence-corrected chi connectivity index (χ1v) is 10.0. The summed E-state index contributed by atoms with van der Waals surface area (Å²) >= 11 is 0. The van der Waals surface area contributed by atoms with Gasteiger partial charge in [0.25, 0.3) is 11.6 Å². The van der Waals surface area contributed by atoms with Crippen LogP contribution in [-0.2, 0) is 13.6 Å². The van der Waals surface area contributed by atoms with Crippen LogP contribution in [-0.4, -0.2) is 24.0 Å². The van der Waals surface area contributed by atoms with Crippen molar-refractivity contribution >= 4 is 19.2 Å². The van der Waals surface area contributed by atoms with Crippen LogP contribution in [0.1, 0.15) is 35.6 Å². The molecule has 0 aromatic heterocycles. The first kappa shape index (κ1) is 20.8. The van der Waals surface area contributed by atoms with E-state index < -0.39 is 24.2 Å². The number of nitrogens with zero attached hydrogens (tertiary/aromatic N) is 1. The Balaban J connectivity index is 2.35. The van der Waals surface area contributed by atoms with Crippen molar-refractivity contribution < 1.29 is 23.3 Å². The molecule has 2 rings (SSSR count). The van der Waals surface area contributed by atoms with E-state index in [-0.39, 0.29) is 24.5 Å². The number of nitro benzene ring substituents is 1. The molecule has 0 fully saturated rings. The van der Waals surface area contributed by atoms with Gasteiger partial charge in [0.15, 0.2) is 5.78 Å². The molecule has 0 aliphatic heterocycles. The second kappa shape index (κ2) is 9.41. The topological polar surface area (TPSA) is 108 Å². The highest BCUT2D eigenvalue weighted by atomic mass is 31.2. The molecule has 27 heavy (non-hydrogen) atoms. The minimum Gasteiger partial charge on any atom is -0.334 e. The smallest absolute Gasteiger partial charge is 0.334 e. The summed E-state index contributed by atoms with van der Waals surface area (Å²) in [6, 6.07) is 13.9. The molecule has 0 saturated carbocycles. The highest BCUT2D eigenvalue weighted by Gasteiger charge is 2.38. The summed E-state index contributed by atoms with van der Waals surface area (Å²) in [7, 11) is -3.69. The average Bonchev–Trinajstić information content (AvgIpc) is 2.67. The van der Waals surface area contributed by atoms with Crippen LogP contribution in [0.5, 0.6) is 0 Å². The van der Waals surface area contributed by atoms with Crippen molar-refractivity contribution in [3.8, 4) is 0 Å². The molecule has 0 saturated heterocycles. The van der Waals surface area contributed by atoms with Crippen molar-refractivity contribution in [1.82, 2.24) is 5.32 Å². The van der Waals surface area contributed by atoms with Gasteiger partial charge in [-0.3, -0.25) is 19.5 Å². The molecule has 0 spiro atoms. The minimum atomic E-state index is -3.69. The van der Waals surface area contributed by atoms with Crippen LogP contribution >= 0.6 is 7.60 Å². The summed E-state index contributed by atoms with van der Waals surface area (Å²) in [6.07, 6.45) is 0. The normalized spacial score (nSPS) is 12.4. The van der Waals surface area contributed by atoms with Crippen molar-refractivity contribution in [3.63, 3.8) is 0 Å². The highest BCUT2D eigenvalue weighted by Crippen LogP contribution is 2.59. The Morgan fingerprint density at radius 1 is 1.07 bits per heavy atom. The Labute approximate surface area is 157 Å². The van der Waals surface area contributed by atoms with E-state index in [9.17, 15) is 19.5 Å². The van der Waals surface area contributed by atoms with Crippen LogP contribution in [0, 0.1) is 10.1 Å². The fourth-order valence-electron chi connectivity index (χ4n) is 2.47. The zero-order chi connectivity index (χ0) is 19.9. The van der Waals surface area contributed by atoms with E-state index in [1.54, 1.807) is 44.2 Å². The molecular formula is C18H21N2O6P. The van der Waals surface area contributed by atoms with Crippen molar-refractivity contribution in [1.29, 1.82) is 0 Å². The van der Waals surface area contributed by atoms with Crippen LogP contribution in [0.25, 0.3) is 0 Å². The third-order valence-corrected chi connectivity index (χ3v) is 5.95. The SMILES string of the molecule is CCOP(=O)(OCC)[C@H](NC(=O)c1ccc([N+](=O)[O-])cc1)c1ccccc1. The number of nitro groups is 1. The number of hydrogen-bond donors (Lipinski definition) is 1. The summed E-state index contributed by atoms with van der Waals surface area (Å²) in [5, 5.41) is 13.4. The summed E-state index contributed by atoms with van der Waals surface area (Å²) in [6.45, 7) is 3.67. The summed E-state index contributed by atoms with van der Waals surface area (Å²) in [5.41, 5.74) is 0.638. The van der Waals surface area contributed by atoms with Gasteiger partial charge in [-0.1, -0.05) is 30.3 Å². The zero-order valence-electron chi connectivity index (χ0n) is 15.0. The molecule has 2 aromatic rings. The number of amides is 1. The average molecular weight is 392 g/mol. The first-order valence-electron chi connectivity index (χ1n) is 8.40. The Morgan fingerprint density at radius 2 is 1.63 bits per heavy atom. The van der Waals surface area contributed by atoms with E-state index in [1.165, 1.54) is 24.3 Å². The maximum absolute atomic E-state index is 13.3. The number of nitrogens with one attached hydrogen (secondary N) is 1. The van der Waals surface area contributed by atoms with Crippen molar-refractivity contribution in [2.24, 2.45) is 0 Å². The van der Waals surface area contributed by atoms with Gasteiger partial charge in [-0.25, -0.2) is 0 Å². The third kappa shape index (κ3) is 5.23. The number of benzene rings is 2. The van der Waals surface area contributed by atoms with E-state index in [0.717, 1.165) is 0 Å². The number of hydrogen-bond acceptors (Lipinski definition) is 6. The van der Waals surface area contributed by atoms with Crippen molar-refractivity contribution in [2.45, 2.75) is 19.6 Å². The molecule has 0 radical (unpaired) electrons. The second-order valence-corrected chi connectivity index (χ2v) is 7.58. The van der Waals surface area contributed by atoms with Crippen LogP contribution in [0.2, 0.25) is 0 Å². The molecule has 0 bridgehead atoms. The Morgan fingerprint density at radius 3 is 2.11 bits per heavy atom. The van der Waals surface area contributed by atoms with Gasteiger partial charge in [-0.2, -0.15) is 0 Å². The number of carbonyl (C=O) groups excluding carboxylic acids is 1. The predicted octanol–water partition coefficient (Wildman–Crippen LogP) is 4.29. The lowest BCUT2D eigenvalue weighted by Gasteiger charge is -2.27. The Bertz CT molecular complexity index is 816. The molecule has 9 heteroatoms. The number of rotatable bonds is 9. The fraction of sp³-hybridized carbons (Fsp3) is 0.278. The van der Waals surface area contributed by atoms with E-state index in [2.05, 4.69) is 5.32 Å². The molecule has 0 aliphatic rings. The summed E-state index contributed by atoms with van der Waals surface area (Å²) in [4.78, 5) is 22.9. The number of carbonyl (C=O) groups is 1. The van der Waals surface area contributed by atoms with Gasteiger partial charge in [-0.05, 0) is 31.5 Å². The largest absolute Gasteiger partial charge is 0.357 e. The van der Waals surface area contributed by atoms with Gasteiger partial charge in [0.2, 0.25) is 0 Å². The standard InChI is InChI=1S/C18H21N2O6P/c1-3-25-27(24,26-4-2)18(15-8-6-5-7-9-15)19-17(21)14-10-12-16(13-11-14)20(22)23/h5-13,18H,3-4H2,1-2H3,(H,19,21)/t18-/m0/s1. The molecule has 8 nitrogen and oxygen atoms in total. The molecule has 144 valence electrons. The van der Waals surface area contributed by atoms with Gasteiger partial charge in [-0.15, -0.1) is 0 Å². The lowest BCUT2D eigenvalue weighted by atomic mass is 10.2. The molecule has 0 heterocycles. The van der Waals surface area contributed by atoms with E-state index in [4.69, 9.17) is 9.05 Å². The second-order valence-electron chi connectivity index (χ2n) is 5.47. The maximum atomic E-state index is 13.3. The predicted molar refractivity (Wildman–Crippen MR) is 101 cm³/mol. The van der Waals surface area contributed by atoms with E-state index in [1.807, 2.05) is 0 Å². The monoisotopic (exact) mass is 392 g/mol. The fourth-order valence-corrected chi connectivity index (χ4v) is 4.37.